The quantitative estimate of drug-likeness (QED) is 0.552. The summed E-state index contributed by atoms with van der Waals surface area (Å²) in [5.74, 6) is 0.725. The third-order valence-corrected chi connectivity index (χ3v) is 4.13. The van der Waals surface area contributed by atoms with Crippen molar-refractivity contribution in [1.82, 2.24) is 25.0 Å². The molecule has 6 heteroatoms. The average Bonchev–Trinajstić information content (AvgIpc) is 3.05. The summed E-state index contributed by atoms with van der Waals surface area (Å²) >= 11 is 5.97. The molecule has 25 heavy (non-hydrogen) atoms. The van der Waals surface area contributed by atoms with E-state index in [-0.39, 0.29) is 0 Å². The van der Waals surface area contributed by atoms with Gasteiger partial charge in [-0.15, -0.1) is 5.10 Å². The zero-order chi connectivity index (χ0) is 17.2. The van der Waals surface area contributed by atoms with E-state index >= 15 is 0 Å². The molecular weight excluding hydrogens is 334 g/mol. The maximum atomic E-state index is 5.97. The molecule has 0 aliphatic carbocycles. The van der Waals surface area contributed by atoms with Crippen LogP contribution in [0, 0.1) is 6.92 Å². The largest absolute Gasteiger partial charge is 0.256 e. The van der Waals surface area contributed by atoms with Gasteiger partial charge in [0.05, 0.1) is 17.1 Å². The van der Waals surface area contributed by atoms with Crippen molar-refractivity contribution in [3.8, 4) is 28.3 Å². The maximum Gasteiger partial charge on any atom is 0.155 e. The molecule has 0 bridgehead atoms. The first-order valence-electron chi connectivity index (χ1n) is 7.78. The number of hydrogen-bond donors (Lipinski definition) is 0. The summed E-state index contributed by atoms with van der Waals surface area (Å²) in [5.41, 5.74) is 4.58. The number of benzene rings is 1. The summed E-state index contributed by atoms with van der Waals surface area (Å²) in [4.78, 5) is 8.84. The Morgan fingerprint density at radius 3 is 2.48 bits per heavy atom. The molecule has 0 saturated heterocycles. The highest BCUT2D eigenvalue weighted by Crippen LogP contribution is 2.28. The van der Waals surface area contributed by atoms with E-state index in [1.165, 1.54) is 0 Å². The highest BCUT2D eigenvalue weighted by molar-refractivity contribution is 6.30. The summed E-state index contributed by atoms with van der Waals surface area (Å²) in [6.45, 7) is 1.93. The lowest BCUT2D eigenvalue weighted by Gasteiger charge is -2.08. The van der Waals surface area contributed by atoms with Crippen LogP contribution in [0.15, 0.2) is 67.0 Å². The minimum Gasteiger partial charge on any atom is -0.256 e. The molecule has 0 unspecified atom stereocenters. The fourth-order valence-electron chi connectivity index (χ4n) is 2.68. The van der Waals surface area contributed by atoms with Crippen LogP contribution in [-0.4, -0.2) is 25.0 Å². The van der Waals surface area contributed by atoms with E-state index in [0.717, 1.165) is 34.0 Å². The average molecular weight is 348 g/mol. The molecule has 0 aliphatic heterocycles. The van der Waals surface area contributed by atoms with E-state index in [2.05, 4.69) is 20.3 Å². The van der Waals surface area contributed by atoms with Gasteiger partial charge in [0.1, 0.15) is 0 Å². The Balaban J connectivity index is 1.83. The molecule has 3 aromatic heterocycles. The number of nitrogens with zero attached hydrogens (tertiary/aromatic N) is 5. The van der Waals surface area contributed by atoms with Gasteiger partial charge >= 0.3 is 0 Å². The second-order valence-electron chi connectivity index (χ2n) is 5.56. The molecule has 0 N–H and O–H groups in total. The van der Waals surface area contributed by atoms with Gasteiger partial charge in [0.25, 0.3) is 0 Å². The van der Waals surface area contributed by atoms with Gasteiger partial charge in [-0.2, -0.15) is 4.68 Å². The van der Waals surface area contributed by atoms with Gasteiger partial charge in [0, 0.05) is 28.5 Å². The van der Waals surface area contributed by atoms with E-state index in [9.17, 15) is 0 Å². The highest BCUT2D eigenvalue weighted by Gasteiger charge is 2.15. The molecule has 5 nitrogen and oxygen atoms in total. The molecular formula is C19H14ClN5. The molecule has 0 fully saturated rings. The molecule has 3 heterocycles. The van der Waals surface area contributed by atoms with Crippen LogP contribution in [0.25, 0.3) is 28.3 Å². The Bertz CT molecular complexity index is 1010. The number of pyridine rings is 2. The van der Waals surface area contributed by atoms with Gasteiger partial charge in [-0.05, 0) is 43.3 Å². The zero-order valence-corrected chi connectivity index (χ0v) is 14.2. The van der Waals surface area contributed by atoms with E-state index in [1.54, 1.807) is 17.1 Å². The topological polar surface area (TPSA) is 56.5 Å². The van der Waals surface area contributed by atoms with Crippen molar-refractivity contribution in [3.63, 3.8) is 0 Å². The molecule has 4 aromatic rings. The van der Waals surface area contributed by atoms with Crippen molar-refractivity contribution in [3.05, 3.63) is 77.7 Å². The number of aromatic nitrogens is 5. The first-order chi connectivity index (χ1) is 12.2. The van der Waals surface area contributed by atoms with E-state index in [0.29, 0.717) is 5.02 Å². The monoisotopic (exact) mass is 347 g/mol. The summed E-state index contributed by atoms with van der Waals surface area (Å²) in [7, 11) is 0. The predicted octanol–water partition coefficient (Wildman–Crippen LogP) is 4.35. The number of aryl methyl sites for hydroxylation is 1. The minimum absolute atomic E-state index is 0.702. The first kappa shape index (κ1) is 15.5. The van der Waals surface area contributed by atoms with Crippen LogP contribution < -0.4 is 0 Å². The van der Waals surface area contributed by atoms with Gasteiger partial charge in [0.15, 0.2) is 5.82 Å². The Morgan fingerprint density at radius 1 is 0.880 bits per heavy atom. The molecule has 0 atom stereocenters. The SMILES string of the molecule is Cc1nnn(-c2ccccn2)c1-c1ccnc(-c2ccc(Cl)cc2)c1. The lowest BCUT2D eigenvalue weighted by molar-refractivity contribution is 0.784. The lowest BCUT2D eigenvalue weighted by Crippen LogP contribution is -2.02. The van der Waals surface area contributed by atoms with Crippen LogP contribution in [-0.2, 0) is 0 Å². The van der Waals surface area contributed by atoms with Crippen molar-refractivity contribution in [2.75, 3.05) is 0 Å². The van der Waals surface area contributed by atoms with Gasteiger partial charge in [-0.1, -0.05) is 35.0 Å². The van der Waals surface area contributed by atoms with Crippen LogP contribution in [0.4, 0.5) is 0 Å². The fourth-order valence-corrected chi connectivity index (χ4v) is 2.81. The molecule has 0 spiro atoms. The van der Waals surface area contributed by atoms with Gasteiger partial charge < -0.3 is 0 Å². The summed E-state index contributed by atoms with van der Waals surface area (Å²) < 4.78 is 1.75. The molecule has 0 radical (unpaired) electrons. The Hall–Kier alpha value is -3.05. The van der Waals surface area contributed by atoms with Crippen LogP contribution in [0.2, 0.25) is 5.02 Å². The standard InChI is InChI=1S/C19H14ClN5/c1-13-19(25(24-23-13)18-4-2-3-10-22-18)15-9-11-21-17(12-15)14-5-7-16(20)8-6-14/h2-12H,1H3. The molecule has 122 valence electrons. The van der Waals surface area contributed by atoms with Gasteiger partial charge in [-0.25, -0.2) is 4.98 Å². The second kappa shape index (κ2) is 6.45. The van der Waals surface area contributed by atoms with Crippen LogP contribution in [0.1, 0.15) is 5.69 Å². The Kier molecular flexibility index (Phi) is 3.99. The third-order valence-electron chi connectivity index (χ3n) is 3.88. The van der Waals surface area contributed by atoms with Crippen LogP contribution in [0.3, 0.4) is 0 Å². The van der Waals surface area contributed by atoms with Crippen molar-refractivity contribution in [2.24, 2.45) is 0 Å². The smallest absolute Gasteiger partial charge is 0.155 e. The van der Waals surface area contributed by atoms with Gasteiger partial charge in [-0.3, -0.25) is 4.98 Å². The molecule has 0 aliphatic rings. The Labute approximate surface area is 150 Å². The zero-order valence-electron chi connectivity index (χ0n) is 13.5. The Morgan fingerprint density at radius 2 is 1.72 bits per heavy atom. The fraction of sp³-hybridized carbons (Fsp3) is 0.0526. The second-order valence-corrected chi connectivity index (χ2v) is 6.00. The third kappa shape index (κ3) is 3.02. The molecule has 0 saturated carbocycles. The predicted molar refractivity (Wildman–Crippen MR) is 97.6 cm³/mol. The van der Waals surface area contributed by atoms with E-state index < -0.39 is 0 Å². The van der Waals surface area contributed by atoms with Gasteiger partial charge in [0.2, 0.25) is 0 Å². The van der Waals surface area contributed by atoms with Crippen molar-refractivity contribution < 1.29 is 0 Å². The minimum atomic E-state index is 0.702. The molecule has 1 aromatic carbocycles. The molecule has 0 amide bonds. The first-order valence-corrected chi connectivity index (χ1v) is 8.16. The van der Waals surface area contributed by atoms with E-state index in [1.807, 2.05) is 61.5 Å². The summed E-state index contributed by atoms with van der Waals surface area (Å²) in [6, 6.07) is 17.3. The van der Waals surface area contributed by atoms with Crippen molar-refractivity contribution in [2.45, 2.75) is 6.92 Å². The highest BCUT2D eigenvalue weighted by atomic mass is 35.5. The lowest BCUT2D eigenvalue weighted by atomic mass is 10.1. The molecule has 4 rings (SSSR count). The van der Waals surface area contributed by atoms with E-state index in [4.69, 9.17) is 11.6 Å². The number of hydrogen-bond acceptors (Lipinski definition) is 4. The summed E-state index contributed by atoms with van der Waals surface area (Å²) in [5, 5.41) is 9.16. The normalized spacial score (nSPS) is 10.8. The van der Waals surface area contributed by atoms with Crippen LogP contribution in [0.5, 0.6) is 0 Å². The number of rotatable bonds is 3. The maximum absolute atomic E-state index is 5.97. The van der Waals surface area contributed by atoms with Crippen molar-refractivity contribution in [1.29, 1.82) is 0 Å². The number of halogens is 1. The summed E-state index contributed by atoms with van der Waals surface area (Å²) in [6.07, 6.45) is 3.52. The van der Waals surface area contributed by atoms with Crippen LogP contribution >= 0.6 is 11.6 Å². The van der Waals surface area contributed by atoms with Crippen molar-refractivity contribution >= 4 is 11.6 Å².